The Morgan fingerprint density at radius 1 is 1.13 bits per heavy atom. The maximum Gasteiger partial charge on any atom is 0.223 e. The topological polar surface area (TPSA) is 50.7 Å². The van der Waals surface area contributed by atoms with Gasteiger partial charge in [0.2, 0.25) is 5.95 Å². The van der Waals surface area contributed by atoms with Gasteiger partial charge in [-0.1, -0.05) is 6.07 Å². The molecular weight excluding hydrogens is 188 g/mol. The molecule has 4 nitrogen and oxygen atoms in total. The molecule has 15 heavy (non-hydrogen) atoms. The van der Waals surface area contributed by atoms with Gasteiger partial charge in [-0.3, -0.25) is 4.98 Å². The molecule has 2 rings (SSSR count). The van der Waals surface area contributed by atoms with Crippen molar-refractivity contribution in [2.45, 2.75) is 13.5 Å². The molecule has 0 atom stereocenters. The highest BCUT2D eigenvalue weighted by molar-refractivity contribution is 5.25. The van der Waals surface area contributed by atoms with Crippen molar-refractivity contribution in [3.05, 3.63) is 48.0 Å². The number of hydrogen-bond acceptors (Lipinski definition) is 4. The molecule has 0 spiro atoms. The first-order valence-corrected chi connectivity index (χ1v) is 4.78. The molecule has 0 saturated carbocycles. The van der Waals surface area contributed by atoms with Crippen molar-refractivity contribution >= 4 is 5.95 Å². The quantitative estimate of drug-likeness (QED) is 0.820. The average molecular weight is 200 g/mol. The van der Waals surface area contributed by atoms with Gasteiger partial charge in [-0.25, -0.2) is 9.97 Å². The molecule has 4 heteroatoms. The third-order valence-electron chi connectivity index (χ3n) is 1.95. The van der Waals surface area contributed by atoms with Crippen molar-refractivity contribution in [2.24, 2.45) is 0 Å². The van der Waals surface area contributed by atoms with Crippen LogP contribution in [0, 0.1) is 6.92 Å². The molecule has 0 unspecified atom stereocenters. The van der Waals surface area contributed by atoms with Gasteiger partial charge in [0.15, 0.2) is 0 Å². The Kier molecular flexibility index (Phi) is 2.88. The number of rotatable bonds is 3. The van der Waals surface area contributed by atoms with E-state index in [1.807, 2.05) is 31.2 Å². The fraction of sp³-hybridized carbons (Fsp3) is 0.182. The number of anilines is 1. The summed E-state index contributed by atoms with van der Waals surface area (Å²) in [5, 5.41) is 3.12. The van der Waals surface area contributed by atoms with Crippen molar-refractivity contribution in [3.63, 3.8) is 0 Å². The SMILES string of the molecule is Cc1ccnc(NCc2ccccn2)n1. The van der Waals surface area contributed by atoms with Crippen LogP contribution >= 0.6 is 0 Å². The molecule has 0 aromatic carbocycles. The summed E-state index contributed by atoms with van der Waals surface area (Å²) in [4.78, 5) is 12.5. The van der Waals surface area contributed by atoms with Crippen LogP contribution in [-0.4, -0.2) is 15.0 Å². The summed E-state index contributed by atoms with van der Waals surface area (Å²) in [6.45, 7) is 2.58. The van der Waals surface area contributed by atoms with Gasteiger partial charge in [-0.05, 0) is 25.1 Å². The Balaban J connectivity index is 1.99. The summed E-state index contributed by atoms with van der Waals surface area (Å²) >= 11 is 0. The molecule has 0 bridgehead atoms. The largest absolute Gasteiger partial charge is 0.349 e. The van der Waals surface area contributed by atoms with E-state index in [2.05, 4.69) is 20.3 Å². The number of nitrogens with one attached hydrogen (secondary N) is 1. The van der Waals surface area contributed by atoms with E-state index in [9.17, 15) is 0 Å². The maximum absolute atomic E-state index is 4.24. The first-order chi connectivity index (χ1) is 7.34. The second kappa shape index (κ2) is 4.50. The molecule has 1 N–H and O–H groups in total. The van der Waals surface area contributed by atoms with Gasteiger partial charge in [-0.2, -0.15) is 0 Å². The predicted molar refractivity (Wildman–Crippen MR) is 58.3 cm³/mol. The van der Waals surface area contributed by atoms with Crippen LogP contribution in [0.2, 0.25) is 0 Å². The lowest BCUT2D eigenvalue weighted by molar-refractivity contribution is 0.989. The summed E-state index contributed by atoms with van der Waals surface area (Å²) in [5.74, 6) is 0.639. The maximum atomic E-state index is 4.24. The highest BCUT2D eigenvalue weighted by Gasteiger charge is 1.96. The molecule has 76 valence electrons. The van der Waals surface area contributed by atoms with E-state index < -0.39 is 0 Å². The summed E-state index contributed by atoms with van der Waals surface area (Å²) in [7, 11) is 0. The summed E-state index contributed by atoms with van der Waals surface area (Å²) in [5.41, 5.74) is 1.93. The molecule has 0 amide bonds. The fourth-order valence-corrected chi connectivity index (χ4v) is 1.21. The molecule has 0 saturated heterocycles. The van der Waals surface area contributed by atoms with Crippen LogP contribution in [-0.2, 0) is 6.54 Å². The minimum absolute atomic E-state index is 0.639. The van der Waals surface area contributed by atoms with E-state index in [-0.39, 0.29) is 0 Å². The zero-order valence-electron chi connectivity index (χ0n) is 8.51. The van der Waals surface area contributed by atoms with E-state index in [1.54, 1.807) is 12.4 Å². The lowest BCUT2D eigenvalue weighted by atomic mass is 10.3. The van der Waals surface area contributed by atoms with Gasteiger partial charge >= 0.3 is 0 Å². The number of aromatic nitrogens is 3. The monoisotopic (exact) mass is 200 g/mol. The van der Waals surface area contributed by atoms with E-state index in [4.69, 9.17) is 0 Å². The second-order valence-electron chi connectivity index (χ2n) is 3.20. The Morgan fingerprint density at radius 2 is 2.07 bits per heavy atom. The van der Waals surface area contributed by atoms with Gasteiger partial charge < -0.3 is 5.32 Å². The number of hydrogen-bond donors (Lipinski definition) is 1. The number of aryl methyl sites for hydroxylation is 1. The number of pyridine rings is 1. The van der Waals surface area contributed by atoms with Crippen molar-refractivity contribution in [2.75, 3.05) is 5.32 Å². The van der Waals surface area contributed by atoms with Gasteiger partial charge in [-0.15, -0.1) is 0 Å². The van der Waals surface area contributed by atoms with E-state index >= 15 is 0 Å². The zero-order chi connectivity index (χ0) is 10.5. The number of nitrogens with zero attached hydrogens (tertiary/aromatic N) is 3. The van der Waals surface area contributed by atoms with Crippen LogP contribution in [0.3, 0.4) is 0 Å². The van der Waals surface area contributed by atoms with Gasteiger partial charge in [0.05, 0.1) is 12.2 Å². The second-order valence-corrected chi connectivity index (χ2v) is 3.20. The normalized spacial score (nSPS) is 9.93. The van der Waals surface area contributed by atoms with Crippen LogP contribution in [0.1, 0.15) is 11.4 Å². The van der Waals surface area contributed by atoms with Crippen LogP contribution < -0.4 is 5.32 Å². The zero-order valence-corrected chi connectivity index (χ0v) is 8.51. The minimum Gasteiger partial charge on any atom is -0.349 e. The smallest absolute Gasteiger partial charge is 0.223 e. The highest BCUT2D eigenvalue weighted by atomic mass is 15.1. The van der Waals surface area contributed by atoms with Crippen LogP contribution in [0.15, 0.2) is 36.7 Å². The predicted octanol–water partition coefficient (Wildman–Crippen LogP) is 1.79. The van der Waals surface area contributed by atoms with Gasteiger partial charge in [0.1, 0.15) is 0 Å². The molecule has 0 fully saturated rings. The van der Waals surface area contributed by atoms with Crippen molar-refractivity contribution in [1.29, 1.82) is 0 Å². The molecular formula is C11H12N4. The Bertz CT molecular complexity index is 428. The third kappa shape index (κ3) is 2.74. The van der Waals surface area contributed by atoms with E-state index in [1.165, 1.54) is 0 Å². The molecule has 0 aliphatic rings. The lowest BCUT2D eigenvalue weighted by Gasteiger charge is -2.03. The third-order valence-corrected chi connectivity index (χ3v) is 1.95. The van der Waals surface area contributed by atoms with Gasteiger partial charge in [0.25, 0.3) is 0 Å². The molecule has 0 aliphatic carbocycles. The summed E-state index contributed by atoms with van der Waals surface area (Å²) in [6, 6.07) is 7.68. The highest BCUT2D eigenvalue weighted by Crippen LogP contribution is 2.01. The molecule has 0 radical (unpaired) electrons. The Labute approximate surface area is 88.4 Å². The molecule has 2 aromatic rings. The minimum atomic E-state index is 0.639. The summed E-state index contributed by atoms with van der Waals surface area (Å²) in [6.07, 6.45) is 3.51. The summed E-state index contributed by atoms with van der Waals surface area (Å²) < 4.78 is 0. The van der Waals surface area contributed by atoms with E-state index in [0.717, 1.165) is 11.4 Å². The Morgan fingerprint density at radius 3 is 2.80 bits per heavy atom. The first-order valence-electron chi connectivity index (χ1n) is 4.78. The van der Waals surface area contributed by atoms with Crippen LogP contribution in [0.25, 0.3) is 0 Å². The Hall–Kier alpha value is -1.97. The van der Waals surface area contributed by atoms with E-state index in [0.29, 0.717) is 12.5 Å². The lowest BCUT2D eigenvalue weighted by Crippen LogP contribution is -2.04. The first kappa shape index (κ1) is 9.58. The molecule has 2 heterocycles. The molecule has 0 aliphatic heterocycles. The fourth-order valence-electron chi connectivity index (χ4n) is 1.21. The van der Waals surface area contributed by atoms with Crippen LogP contribution in [0.5, 0.6) is 0 Å². The average Bonchev–Trinajstić information content (AvgIpc) is 2.28. The standard InChI is InChI=1S/C11H12N4/c1-9-5-7-13-11(15-9)14-8-10-4-2-3-6-12-10/h2-7H,8H2,1H3,(H,13,14,15). The van der Waals surface area contributed by atoms with Crippen molar-refractivity contribution in [1.82, 2.24) is 15.0 Å². The van der Waals surface area contributed by atoms with Crippen molar-refractivity contribution in [3.8, 4) is 0 Å². The van der Waals surface area contributed by atoms with Crippen molar-refractivity contribution < 1.29 is 0 Å². The van der Waals surface area contributed by atoms with Gasteiger partial charge in [0, 0.05) is 18.1 Å². The molecule has 2 aromatic heterocycles. The van der Waals surface area contributed by atoms with Crippen LogP contribution in [0.4, 0.5) is 5.95 Å².